The lowest BCUT2D eigenvalue weighted by atomic mass is 9.68. The SMILES string of the molecule is CC(C)(C)C1(N)c2ccccc2-c2ccccc21. The van der Waals surface area contributed by atoms with Crippen LogP contribution in [-0.2, 0) is 5.54 Å². The number of rotatable bonds is 0. The molecular weight excluding hydrogens is 218 g/mol. The molecule has 2 N–H and O–H groups in total. The van der Waals surface area contributed by atoms with Crippen molar-refractivity contribution < 1.29 is 0 Å². The van der Waals surface area contributed by atoms with E-state index < -0.39 is 5.54 Å². The second-order valence-electron chi connectivity index (χ2n) is 6.15. The van der Waals surface area contributed by atoms with Crippen LogP contribution in [0.25, 0.3) is 11.1 Å². The maximum atomic E-state index is 6.86. The van der Waals surface area contributed by atoms with Gasteiger partial charge in [-0.3, -0.25) is 0 Å². The molecule has 2 aromatic carbocycles. The van der Waals surface area contributed by atoms with Crippen LogP contribution in [0, 0.1) is 5.41 Å². The predicted octanol–water partition coefficient (Wildman–Crippen LogP) is 3.92. The third kappa shape index (κ3) is 1.25. The standard InChI is InChI=1S/C17H19N/c1-16(2,3)17(18)14-10-6-4-8-12(14)13-9-5-7-11-15(13)17/h4-11H,18H2,1-3H3. The first-order chi connectivity index (χ1) is 8.46. The highest BCUT2D eigenvalue weighted by atomic mass is 14.8. The van der Waals surface area contributed by atoms with Gasteiger partial charge in [0, 0.05) is 0 Å². The highest BCUT2D eigenvalue weighted by Crippen LogP contribution is 2.53. The molecular formula is C17H19N. The van der Waals surface area contributed by atoms with Crippen LogP contribution in [0.5, 0.6) is 0 Å². The van der Waals surface area contributed by atoms with Gasteiger partial charge in [-0.05, 0) is 27.7 Å². The molecule has 1 aliphatic rings. The van der Waals surface area contributed by atoms with Crippen LogP contribution in [0.15, 0.2) is 48.5 Å². The molecule has 0 amide bonds. The summed E-state index contributed by atoms with van der Waals surface area (Å²) in [6.07, 6.45) is 0. The van der Waals surface area contributed by atoms with E-state index in [1.54, 1.807) is 0 Å². The Balaban J connectivity index is 2.41. The van der Waals surface area contributed by atoms with Gasteiger partial charge in [0.2, 0.25) is 0 Å². The molecule has 0 aliphatic heterocycles. The Bertz CT molecular complexity index is 560. The smallest absolute Gasteiger partial charge is 0.0726 e. The van der Waals surface area contributed by atoms with Crippen molar-refractivity contribution in [1.82, 2.24) is 0 Å². The Morgan fingerprint density at radius 3 is 1.56 bits per heavy atom. The Labute approximate surface area is 109 Å². The zero-order chi connectivity index (χ0) is 13.0. The Kier molecular flexibility index (Phi) is 2.21. The van der Waals surface area contributed by atoms with E-state index in [1.165, 1.54) is 22.3 Å². The van der Waals surface area contributed by atoms with E-state index >= 15 is 0 Å². The number of hydrogen-bond donors (Lipinski definition) is 1. The van der Waals surface area contributed by atoms with Crippen molar-refractivity contribution in [2.24, 2.45) is 11.1 Å². The van der Waals surface area contributed by atoms with Crippen molar-refractivity contribution >= 4 is 0 Å². The zero-order valence-electron chi connectivity index (χ0n) is 11.2. The fourth-order valence-electron chi connectivity index (χ4n) is 3.08. The highest BCUT2D eigenvalue weighted by Gasteiger charge is 2.47. The van der Waals surface area contributed by atoms with Crippen molar-refractivity contribution in [1.29, 1.82) is 0 Å². The first kappa shape index (κ1) is 11.5. The first-order valence-electron chi connectivity index (χ1n) is 6.44. The van der Waals surface area contributed by atoms with Crippen LogP contribution >= 0.6 is 0 Å². The van der Waals surface area contributed by atoms with Crippen LogP contribution in [0.4, 0.5) is 0 Å². The second kappa shape index (κ2) is 3.46. The van der Waals surface area contributed by atoms with Gasteiger partial charge >= 0.3 is 0 Å². The number of fused-ring (bicyclic) bond motifs is 3. The normalized spacial score (nSPS) is 16.2. The van der Waals surface area contributed by atoms with Gasteiger partial charge in [0.15, 0.2) is 0 Å². The minimum atomic E-state index is -0.403. The molecule has 0 aromatic heterocycles. The molecule has 0 saturated heterocycles. The summed E-state index contributed by atoms with van der Waals surface area (Å²) >= 11 is 0. The summed E-state index contributed by atoms with van der Waals surface area (Å²) in [6.45, 7) is 6.64. The van der Waals surface area contributed by atoms with Gasteiger partial charge in [-0.15, -0.1) is 0 Å². The summed E-state index contributed by atoms with van der Waals surface area (Å²) in [6, 6.07) is 17.0. The molecule has 2 aromatic rings. The van der Waals surface area contributed by atoms with Gasteiger partial charge in [0.05, 0.1) is 5.54 Å². The molecule has 0 bridgehead atoms. The minimum absolute atomic E-state index is 0.0181. The van der Waals surface area contributed by atoms with Crippen LogP contribution in [0.3, 0.4) is 0 Å². The average Bonchev–Trinajstić information content (AvgIpc) is 2.62. The molecule has 0 heterocycles. The van der Waals surface area contributed by atoms with E-state index in [2.05, 4.69) is 69.3 Å². The van der Waals surface area contributed by atoms with Gasteiger partial charge in [-0.1, -0.05) is 69.3 Å². The molecule has 1 nitrogen and oxygen atoms in total. The Morgan fingerprint density at radius 2 is 1.17 bits per heavy atom. The molecule has 18 heavy (non-hydrogen) atoms. The Morgan fingerprint density at radius 1 is 0.778 bits per heavy atom. The fraction of sp³-hybridized carbons (Fsp3) is 0.294. The lowest BCUT2D eigenvalue weighted by Gasteiger charge is -2.40. The van der Waals surface area contributed by atoms with E-state index in [0.717, 1.165) is 0 Å². The third-order valence-electron chi connectivity index (χ3n) is 4.18. The minimum Gasteiger partial charge on any atom is -0.317 e. The topological polar surface area (TPSA) is 26.0 Å². The second-order valence-corrected chi connectivity index (χ2v) is 6.15. The van der Waals surface area contributed by atoms with Crippen molar-refractivity contribution in [2.45, 2.75) is 26.3 Å². The molecule has 0 atom stereocenters. The summed E-state index contributed by atoms with van der Waals surface area (Å²) in [7, 11) is 0. The van der Waals surface area contributed by atoms with E-state index in [4.69, 9.17) is 5.73 Å². The largest absolute Gasteiger partial charge is 0.317 e. The lowest BCUT2D eigenvalue weighted by molar-refractivity contribution is 0.240. The average molecular weight is 237 g/mol. The fourth-order valence-corrected chi connectivity index (χ4v) is 3.08. The number of hydrogen-bond acceptors (Lipinski definition) is 1. The molecule has 0 saturated carbocycles. The monoisotopic (exact) mass is 237 g/mol. The summed E-state index contributed by atoms with van der Waals surface area (Å²) in [4.78, 5) is 0. The molecule has 0 unspecified atom stereocenters. The first-order valence-corrected chi connectivity index (χ1v) is 6.44. The van der Waals surface area contributed by atoms with E-state index in [-0.39, 0.29) is 5.41 Å². The predicted molar refractivity (Wildman–Crippen MR) is 76.3 cm³/mol. The molecule has 1 aliphatic carbocycles. The van der Waals surface area contributed by atoms with Gasteiger partial charge in [0.1, 0.15) is 0 Å². The van der Waals surface area contributed by atoms with Gasteiger partial charge in [-0.2, -0.15) is 0 Å². The summed E-state index contributed by atoms with van der Waals surface area (Å²) < 4.78 is 0. The van der Waals surface area contributed by atoms with Crippen LogP contribution in [0.1, 0.15) is 31.9 Å². The Hall–Kier alpha value is -1.60. The van der Waals surface area contributed by atoms with Crippen molar-refractivity contribution in [3.8, 4) is 11.1 Å². The molecule has 0 spiro atoms. The lowest BCUT2D eigenvalue weighted by Crippen LogP contribution is -2.47. The van der Waals surface area contributed by atoms with Gasteiger partial charge in [-0.25, -0.2) is 0 Å². The third-order valence-corrected chi connectivity index (χ3v) is 4.18. The van der Waals surface area contributed by atoms with Crippen LogP contribution in [-0.4, -0.2) is 0 Å². The van der Waals surface area contributed by atoms with Gasteiger partial charge in [0.25, 0.3) is 0 Å². The molecule has 0 fully saturated rings. The van der Waals surface area contributed by atoms with E-state index in [0.29, 0.717) is 0 Å². The maximum Gasteiger partial charge on any atom is 0.0726 e. The molecule has 0 radical (unpaired) electrons. The van der Waals surface area contributed by atoms with Crippen molar-refractivity contribution in [3.63, 3.8) is 0 Å². The highest BCUT2D eigenvalue weighted by molar-refractivity contribution is 5.81. The van der Waals surface area contributed by atoms with Gasteiger partial charge < -0.3 is 5.73 Å². The summed E-state index contributed by atoms with van der Waals surface area (Å²) in [5.41, 5.74) is 11.5. The molecule has 1 heteroatoms. The summed E-state index contributed by atoms with van der Waals surface area (Å²) in [5.74, 6) is 0. The van der Waals surface area contributed by atoms with E-state index in [1.807, 2.05) is 0 Å². The van der Waals surface area contributed by atoms with Crippen molar-refractivity contribution in [3.05, 3.63) is 59.7 Å². The molecule has 92 valence electrons. The quantitative estimate of drug-likeness (QED) is 0.738. The van der Waals surface area contributed by atoms with Crippen LogP contribution in [0.2, 0.25) is 0 Å². The number of benzene rings is 2. The van der Waals surface area contributed by atoms with Crippen LogP contribution < -0.4 is 5.73 Å². The molecule has 3 rings (SSSR count). The summed E-state index contributed by atoms with van der Waals surface area (Å²) in [5, 5.41) is 0. The zero-order valence-corrected chi connectivity index (χ0v) is 11.2. The van der Waals surface area contributed by atoms with Crippen molar-refractivity contribution in [2.75, 3.05) is 0 Å². The number of nitrogens with two attached hydrogens (primary N) is 1. The van der Waals surface area contributed by atoms with E-state index in [9.17, 15) is 0 Å². The maximum absolute atomic E-state index is 6.86.